The predicted molar refractivity (Wildman–Crippen MR) is 102 cm³/mol. The van der Waals surface area contributed by atoms with Crippen LogP contribution in [0.15, 0.2) is 41.9 Å². The number of hydrogen-bond donors (Lipinski definition) is 2. The van der Waals surface area contributed by atoms with E-state index in [1.807, 2.05) is 31.2 Å². The number of para-hydroxylation sites is 1. The second kappa shape index (κ2) is 12.3. The SMILES string of the molecule is C=CCOc1ccccc1CNC(=NC)NC(C)COC.I. The van der Waals surface area contributed by atoms with E-state index in [9.17, 15) is 0 Å². The Balaban J connectivity index is 0.00000441. The van der Waals surface area contributed by atoms with Crippen molar-refractivity contribution in [1.82, 2.24) is 10.6 Å². The molecule has 0 aliphatic rings. The maximum Gasteiger partial charge on any atom is 0.191 e. The standard InChI is InChI=1S/C16H25N3O2.HI/c1-5-10-21-15-9-7-6-8-14(15)11-18-16(17-3)19-13(2)12-20-4;/h5-9,13H,1,10-12H2,2-4H3,(H2,17,18,19);1H. The van der Waals surface area contributed by atoms with E-state index < -0.39 is 0 Å². The van der Waals surface area contributed by atoms with Crippen LogP contribution in [0.25, 0.3) is 0 Å². The molecule has 5 nitrogen and oxygen atoms in total. The fourth-order valence-electron chi connectivity index (χ4n) is 1.84. The molecule has 1 unspecified atom stereocenters. The van der Waals surface area contributed by atoms with Crippen molar-refractivity contribution in [3.8, 4) is 5.75 Å². The molecule has 0 aromatic heterocycles. The number of guanidine groups is 1. The second-order valence-electron chi connectivity index (χ2n) is 4.63. The topological polar surface area (TPSA) is 54.9 Å². The summed E-state index contributed by atoms with van der Waals surface area (Å²) < 4.78 is 10.7. The van der Waals surface area contributed by atoms with E-state index in [0.717, 1.165) is 17.3 Å². The third-order valence-corrected chi connectivity index (χ3v) is 2.80. The molecule has 6 heteroatoms. The van der Waals surface area contributed by atoms with Crippen molar-refractivity contribution >= 4 is 29.9 Å². The molecule has 1 aromatic rings. The van der Waals surface area contributed by atoms with Crippen LogP contribution in [0.2, 0.25) is 0 Å². The summed E-state index contributed by atoms with van der Waals surface area (Å²) in [5, 5.41) is 6.53. The van der Waals surface area contributed by atoms with Gasteiger partial charge in [0.2, 0.25) is 0 Å². The number of halogens is 1. The number of nitrogens with one attached hydrogen (secondary N) is 2. The first-order chi connectivity index (χ1) is 10.2. The second-order valence-corrected chi connectivity index (χ2v) is 4.63. The Hall–Kier alpha value is -1.28. The Morgan fingerprint density at radius 3 is 2.77 bits per heavy atom. The van der Waals surface area contributed by atoms with Gasteiger partial charge in [0, 0.05) is 32.3 Å². The van der Waals surface area contributed by atoms with E-state index in [1.165, 1.54) is 0 Å². The van der Waals surface area contributed by atoms with Crippen molar-refractivity contribution in [3.63, 3.8) is 0 Å². The van der Waals surface area contributed by atoms with Crippen LogP contribution in [-0.2, 0) is 11.3 Å². The maximum atomic E-state index is 5.63. The van der Waals surface area contributed by atoms with E-state index in [-0.39, 0.29) is 30.0 Å². The van der Waals surface area contributed by atoms with Crippen molar-refractivity contribution in [2.24, 2.45) is 4.99 Å². The van der Waals surface area contributed by atoms with E-state index >= 15 is 0 Å². The Bertz CT molecular complexity index is 466. The molecular weight excluding hydrogens is 393 g/mol. The summed E-state index contributed by atoms with van der Waals surface area (Å²) in [6, 6.07) is 8.10. The molecule has 0 spiro atoms. The molecule has 0 bridgehead atoms. The Morgan fingerprint density at radius 1 is 1.41 bits per heavy atom. The fraction of sp³-hybridized carbons (Fsp3) is 0.438. The highest BCUT2D eigenvalue weighted by atomic mass is 127. The number of hydrogen-bond acceptors (Lipinski definition) is 3. The van der Waals surface area contributed by atoms with Crippen molar-refractivity contribution in [2.75, 3.05) is 27.4 Å². The van der Waals surface area contributed by atoms with Gasteiger partial charge in [-0.25, -0.2) is 0 Å². The first kappa shape index (κ1) is 20.7. The minimum absolute atomic E-state index is 0. The molecule has 1 atom stereocenters. The molecule has 0 saturated carbocycles. The molecule has 22 heavy (non-hydrogen) atoms. The van der Waals surface area contributed by atoms with Gasteiger partial charge in [-0.05, 0) is 13.0 Å². The number of aliphatic imine (C=N–C) groups is 1. The largest absolute Gasteiger partial charge is 0.489 e. The summed E-state index contributed by atoms with van der Waals surface area (Å²) >= 11 is 0. The molecule has 2 N–H and O–H groups in total. The summed E-state index contributed by atoms with van der Waals surface area (Å²) in [6.45, 7) is 7.45. The van der Waals surface area contributed by atoms with Crippen LogP contribution in [0.5, 0.6) is 5.75 Å². The van der Waals surface area contributed by atoms with Gasteiger partial charge in [0.05, 0.1) is 6.61 Å². The lowest BCUT2D eigenvalue weighted by atomic mass is 10.2. The summed E-state index contributed by atoms with van der Waals surface area (Å²) in [4.78, 5) is 4.20. The highest BCUT2D eigenvalue weighted by Gasteiger charge is 2.06. The third kappa shape index (κ3) is 7.65. The van der Waals surface area contributed by atoms with Crippen molar-refractivity contribution in [2.45, 2.75) is 19.5 Å². The van der Waals surface area contributed by atoms with Crippen LogP contribution in [-0.4, -0.2) is 39.4 Å². The average molecular weight is 419 g/mol. The Labute approximate surface area is 150 Å². The summed E-state index contributed by atoms with van der Waals surface area (Å²) in [6.07, 6.45) is 1.73. The van der Waals surface area contributed by atoms with Gasteiger partial charge in [0.25, 0.3) is 0 Å². The van der Waals surface area contributed by atoms with Gasteiger partial charge in [-0.2, -0.15) is 0 Å². The zero-order valence-electron chi connectivity index (χ0n) is 13.5. The van der Waals surface area contributed by atoms with Crippen molar-refractivity contribution in [1.29, 1.82) is 0 Å². The normalized spacial score (nSPS) is 12.0. The minimum atomic E-state index is 0. The van der Waals surface area contributed by atoms with Crippen LogP contribution in [0.4, 0.5) is 0 Å². The lowest BCUT2D eigenvalue weighted by Crippen LogP contribution is -2.43. The number of nitrogens with zero attached hydrogens (tertiary/aromatic N) is 1. The Morgan fingerprint density at radius 2 is 2.14 bits per heavy atom. The van der Waals surface area contributed by atoms with E-state index in [0.29, 0.717) is 19.8 Å². The zero-order valence-corrected chi connectivity index (χ0v) is 15.8. The number of methoxy groups -OCH3 is 1. The summed E-state index contributed by atoms with van der Waals surface area (Å²) in [7, 11) is 3.43. The van der Waals surface area contributed by atoms with Gasteiger partial charge < -0.3 is 20.1 Å². The van der Waals surface area contributed by atoms with Crippen molar-refractivity contribution < 1.29 is 9.47 Å². The molecular formula is C16H26IN3O2. The third-order valence-electron chi connectivity index (χ3n) is 2.80. The quantitative estimate of drug-likeness (QED) is 0.295. The highest BCUT2D eigenvalue weighted by molar-refractivity contribution is 14.0. The fourth-order valence-corrected chi connectivity index (χ4v) is 1.84. The zero-order chi connectivity index (χ0) is 15.5. The van der Waals surface area contributed by atoms with Crippen LogP contribution < -0.4 is 15.4 Å². The first-order valence-corrected chi connectivity index (χ1v) is 6.99. The molecule has 0 fully saturated rings. The molecule has 0 aliphatic carbocycles. The molecule has 0 heterocycles. The van der Waals surface area contributed by atoms with Crippen LogP contribution in [0.3, 0.4) is 0 Å². The van der Waals surface area contributed by atoms with E-state index in [1.54, 1.807) is 20.2 Å². The van der Waals surface area contributed by atoms with Crippen LogP contribution in [0.1, 0.15) is 12.5 Å². The molecule has 1 rings (SSSR count). The molecule has 0 aliphatic heterocycles. The van der Waals surface area contributed by atoms with Gasteiger partial charge in [0.1, 0.15) is 12.4 Å². The lowest BCUT2D eigenvalue weighted by molar-refractivity contribution is 0.179. The van der Waals surface area contributed by atoms with Gasteiger partial charge in [-0.1, -0.05) is 30.9 Å². The number of rotatable bonds is 8. The van der Waals surface area contributed by atoms with Crippen molar-refractivity contribution in [3.05, 3.63) is 42.5 Å². The molecule has 124 valence electrons. The number of benzene rings is 1. The summed E-state index contributed by atoms with van der Waals surface area (Å²) in [5.74, 6) is 1.59. The monoisotopic (exact) mass is 419 g/mol. The molecule has 0 radical (unpaired) electrons. The number of ether oxygens (including phenoxy) is 2. The van der Waals surface area contributed by atoms with E-state index in [2.05, 4.69) is 22.2 Å². The van der Waals surface area contributed by atoms with Gasteiger partial charge >= 0.3 is 0 Å². The highest BCUT2D eigenvalue weighted by Crippen LogP contribution is 2.17. The van der Waals surface area contributed by atoms with Gasteiger partial charge in [0.15, 0.2) is 5.96 Å². The Kier molecular flexibility index (Phi) is 11.6. The average Bonchev–Trinajstić information content (AvgIpc) is 2.50. The summed E-state index contributed by atoms with van der Waals surface area (Å²) in [5.41, 5.74) is 1.07. The maximum absolute atomic E-state index is 5.63. The van der Waals surface area contributed by atoms with E-state index in [4.69, 9.17) is 9.47 Å². The molecule has 1 aromatic carbocycles. The molecule has 0 amide bonds. The molecule has 0 saturated heterocycles. The van der Waals surface area contributed by atoms with Gasteiger partial charge in [-0.15, -0.1) is 24.0 Å². The van der Waals surface area contributed by atoms with Crippen LogP contribution >= 0.6 is 24.0 Å². The predicted octanol–water partition coefficient (Wildman–Crippen LogP) is 2.57. The lowest BCUT2D eigenvalue weighted by Gasteiger charge is -2.18. The smallest absolute Gasteiger partial charge is 0.191 e. The van der Waals surface area contributed by atoms with Crippen LogP contribution in [0, 0.1) is 0 Å². The van der Waals surface area contributed by atoms with Gasteiger partial charge in [-0.3, -0.25) is 4.99 Å². The minimum Gasteiger partial charge on any atom is -0.489 e. The first-order valence-electron chi connectivity index (χ1n) is 6.99.